The Morgan fingerprint density at radius 1 is 1.12 bits per heavy atom. The fourth-order valence-corrected chi connectivity index (χ4v) is 4.45. The molecule has 2 saturated carbocycles. The average Bonchev–Trinajstić information content (AvgIpc) is 3.51. The van der Waals surface area contributed by atoms with E-state index in [4.69, 9.17) is 0 Å². The van der Waals surface area contributed by atoms with Gasteiger partial charge in [0.1, 0.15) is 5.75 Å². The van der Waals surface area contributed by atoms with E-state index in [1.54, 1.807) is 12.1 Å². The average molecular weight is 432 g/mol. The number of phenolic OH excluding ortho intramolecular Hbond substituents is 1. The Morgan fingerprint density at radius 3 is 2.50 bits per heavy atom. The zero-order chi connectivity index (χ0) is 22.6. The van der Waals surface area contributed by atoms with Gasteiger partial charge in [-0.25, -0.2) is 0 Å². The molecule has 2 aliphatic carbocycles. The number of amides is 1. The third kappa shape index (κ3) is 5.17. The van der Waals surface area contributed by atoms with Gasteiger partial charge in [0.25, 0.3) is 5.91 Å². The van der Waals surface area contributed by atoms with Crippen molar-refractivity contribution in [2.45, 2.75) is 62.4 Å². The van der Waals surface area contributed by atoms with Crippen LogP contribution < -0.4 is 10.6 Å². The second-order valence-electron chi connectivity index (χ2n) is 9.01. The lowest BCUT2D eigenvalue weighted by Crippen LogP contribution is -2.46. The highest BCUT2D eigenvalue weighted by molar-refractivity contribution is 5.99. The van der Waals surface area contributed by atoms with Crippen molar-refractivity contribution >= 4 is 11.7 Å². The first-order valence-corrected chi connectivity index (χ1v) is 11.4. The predicted octanol–water partition coefficient (Wildman–Crippen LogP) is 3.39. The van der Waals surface area contributed by atoms with E-state index in [0.29, 0.717) is 18.0 Å². The van der Waals surface area contributed by atoms with Crippen LogP contribution in [-0.4, -0.2) is 35.4 Å². The molecule has 1 atom stereocenters. The largest absolute Gasteiger partial charge is 0.508 e. The molecule has 2 fully saturated rings. The Bertz CT molecular complexity index is 1020. The molecule has 0 aliphatic heterocycles. The van der Waals surface area contributed by atoms with Crippen LogP contribution in [0.15, 0.2) is 48.5 Å². The molecule has 0 spiro atoms. The number of ketones is 1. The van der Waals surface area contributed by atoms with Gasteiger partial charge in [-0.3, -0.25) is 9.59 Å². The minimum Gasteiger partial charge on any atom is -0.508 e. The standard InChI is InChI=1S/C26H29N3O3/c27-17-26(10-4-5-11-26)20-13-19(14-22(30)15-20)25(32)29-23(12-18-6-2-1-3-7-18)24(31)16-28-21-8-9-21/h1-3,6-7,13-15,21,23,28,30H,4-5,8-12,16H2,(H,29,32)/t23-/m0/s1. The van der Waals surface area contributed by atoms with E-state index < -0.39 is 17.4 Å². The summed E-state index contributed by atoms with van der Waals surface area (Å²) in [6.45, 7) is 0.214. The van der Waals surface area contributed by atoms with Gasteiger partial charge in [-0.1, -0.05) is 43.2 Å². The first-order valence-electron chi connectivity index (χ1n) is 11.4. The van der Waals surface area contributed by atoms with Crippen LogP contribution >= 0.6 is 0 Å². The minimum absolute atomic E-state index is 0.0458. The van der Waals surface area contributed by atoms with Crippen molar-refractivity contribution in [3.05, 3.63) is 65.2 Å². The minimum atomic E-state index is -0.682. The highest BCUT2D eigenvalue weighted by Gasteiger charge is 2.36. The molecular formula is C26H29N3O3. The molecule has 0 aromatic heterocycles. The van der Waals surface area contributed by atoms with Crippen LogP contribution in [0.1, 0.15) is 60.0 Å². The molecule has 166 valence electrons. The molecule has 2 aromatic rings. The molecule has 3 N–H and O–H groups in total. The summed E-state index contributed by atoms with van der Waals surface area (Å²) in [5.41, 5.74) is 1.23. The second kappa shape index (κ2) is 9.54. The van der Waals surface area contributed by atoms with Crippen LogP contribution in [0.4, 0.5) is 0 Å². The Hall–Kier alpha value is -3.17. The summed E-state index contributed by atoms with van der Waals surface area (Å²) >= 11 is 0. The van der Waals surface area contributed by atoms with Crippen LogP contribution in [0, 0.1) is 11.3 Å². The Morgan fingerprint density at radius 2 is 1.84 bits per heavy atom. The summed E-state index contributed by atoms with van der Waals surface area (Å²) in [5, 5.41) is 26.2. The number of nitrogens with one attached hydrogen (secondary N) is 2. The first kappa shape index (κ1) is 22.0. The smallest absolute Gasteiger partial charge is 0.252 e. The number of aromatic hydroxyl groups is 1. The van der Waals surface area contributed by atoms with Crippen molar-refractivity contribution in [1.29, 1.82) is 5.26 Å². The summed E-state index contributed by atoms with van der Waals surface area (Å²) in [7, 11) is 0. The molecule has 0 radical (unpaired) electrons. The van der Waals surface area contributed by atoms with Gasteiger partial charge < -0.3 is 15.7 Å². The number of phenols is 1. The van der Waals surface area contributed by atoms with Crippen LogP contribution in [-0.2, 0) is 16.6 Å². The van der Waals surface area contributed by atoms with Crippen molar-refractivity contribution in [3.63, 3.8) is 0 Å². The Labute approximate surface area is 188 Å². The van der Waals surface area contributed by atoms with Crippen molar-refractivity contribution in [3.8, 4) is 11.8 Å². The summed E-state index contributed by atoms with van der Waals surface area (Å²) < 4.78 is 0. The topological polar surface area (TPSA) is 102 Å². The van der Waals surface area contributed by atoms with E-state index in [-0.39, 0.29) is 23.6 Å². The van der Waals surface area contributed by atoms with E-state index in [1.807, 2.05) is 30.3 Å². The normalized spacial score (nSPS) is 18.0. The van der Waals surface area contributed by atoms with E-state index >= 15 is 0 Å². The van der Waals surface area contributed by atoms with Gasteiger partial charge in [-0.15, -0.1) is 0 Å². The van der Waals surface area contributed by atoms with E-state index in [0.717, 1.165) is 44.1 Å². The number of nitrogens with zero attached hydrogens (tertiary/aromatic N) is 1. The molecule has 1 amide bonds. The molecule has 32 heavy (non-hydrogen) atoms. The number of nitriles is 1. The fourth-order valence-electron chi connectivity index (χ4n) is 4.45. The van der Waals surface area contributed by atoms with Gasteiger partial charge in [-0.2, -0.15) is 5.26 Å². The quantitative estimate of drug-likeness (QED) is 0.565. The van der Waals surface area contributed by atoms with Gasteiger partial charge in [0.05, 0.1) is 24.1 Å². The highest BCUT2D eigenvalue weighted by atomic mass is 16.3. The van der Waals surface area contributed by atoms with Gasteiger partial charge >= 0.3 is 0 Å². The fraction of sp³-hybridized carbons (Fsp3) is 0.423. The van der Waals surface area contributed by atoms with Gasteiger partial charge in [-0.05, 0) is 61.4 Å². The van der Waals surface area contributed by atoms with Crippen molar-refractivity contribution in [2.75, 3.05) is 6.54 Å². The van der Waals surface area contributed by atoms with Crippen LogP contribution in [0.5, 0.6) is 5.75 Å². The maximum atomic E-state index is 13.1. The third-order valence-corrected chi connectivity index (χ3v) is 6.52. The van der Waals surface area contributed by atoms with E-state index in [9.17, 15) is 20.0 Å². The molecule has 0 saturated heterocycles. The van der Waals surface area contributed by atoms with Crippen molar-refractivity contribution in [1.82, 2.24) is 10.6 Å². The van der Waals surface area contributed by atoms with Gasteiger partial charge in [0.2, 0.25) is 0 Å². The maximum Gasteiger partial charge on any atom is 0.252 e. The van der Waals surface area contributed by atoms with Gasteiger partial charge in [0, 0.05) is 11.6 Å². The lowest BCUT2D eigenvalue weighted by molar-refractivity contribution is -0.120. The molecule has 0 unspecified atom stereocenters. The number of hydrogen-bond donors (Lipinski definition) is 3. The zero-order valence-corrected chi connectivity index (χ0v) is 18.1. The lowest BCUT2D eigenvalue weighted by atomic mass is 9.79. The lowest BCUT2D eigenvalue weighted by Gasteiger charge is -2.22. The van der Waals surface area contributed by atoms with E-state index in [2.05, 4.69) is 16.7 Å². The number of Topliss-reactive ketones (excluding diaryl/α,β-unsaturated/α-hetero) is 1. The molecule has 6 heteroatoms. The Balaban J connectivity index is 1.54. The van der Waals surface area contributed by atoms with E-state index in [1.165, 1.54) is 6.07 Å². The summed E-state index contributed by atoms with van der Waals surface area (Å²) in [5.74, 6) is -0.539. The number of carbonyl (C=O) groups excluding carboxylic acids is 2. The Kier molecular flexibility index (Phi) is 6.57. The summed E-state index contributed by atoms with van der Waals surface area (Å²) in [6.07, 6.45) is 5.89. The van der Waals surface area contributed by atoms with Crippen molar-refractivity contribution < 1.29 is 14.7 Å². The maximum absolute atomic E-state index is 13.1. The zero-order valence-electron chi connectivity index (χ0n) is 18.1. The molecular weight excluding hydrogens is 402 g/mol. The van der Waals surface area contributed by atoms with Gasteiger partial charge in [0.15, 0.2) is 5.78 Å². The molecule has 4 rings (SSSR count). The molecule has 2 aliphatic rings. The molecule has 0 bridgehead atoms. The second-order valence-corrected chi connectivity index (χ2v) is 9.01. The first-order chi connectivity index (χ1) is 15.5. The molecule has 0 heterocycles. The monoisotopic (exact) mass is 431 g/mol. The van der Waals surface area contributed by atoms with Crippen LogP contribution in [0.25, 0.3) is 0 Å². The van der Waals surface area contributed by atoms with Crippen molar-refractivity contribution in [2.24, 2.45) is 0 Å². The van der Waals surface area contributed by atoms with Crippen LogP contribution in [0.2, 0.25) is 0 Å². The molecule has 2 aromatic carbocycles. The number of carbonyl (C=O) groups is 2. The number of hydrogen-bond acceptors (Lipinski definition) is 5. The summed E-state index contributed by atoms with van der Waals surface area (Å²) in [6, 6.07) is 16.4. The summed E-state index contributed by atoms with van der Waals surface area (Å²) in [4.78, 5) is 26.1. The predicted molar refractivity (Wildman–Crippen MR) is 121 cm³/mol. The highest BCUT2D eigenvalue weighted by Crippen LogP contribution is 2.41. The third-order valence-electron chi connectivity index (χ3n) is 6.52. The van der Waals surface area contributed by atoms with Crippen LogP contribution in [0.3, 0.4) is 0 Å². The number of rotatable bonds is 9. The SMILES string of the molecule is N#CC1(c2cc(O)cc(C(=O)N[C@@H](Cc3ccccc3)C(=O)CNC3CC3)c2)CCCC1. The number of benzene rings is 2. The molecule has 6 nitrogen and oxygen atoms in total.